The van der Waals surface area contributed by atoms with Gasteiger partial charge in [0, 0.05) is 47.6 Å². The Morgan fingerprint density at radius 1 is 0.568 bits per heavy atom. The van der Waals surface area contributed by atoms with E-state index in [4.69, 9.17) is 18.9 Å². The van der Waals surface area contributed by atoms with E-state index in [9.17, 15) is 30.0 Å². The number of aromatic hydroxyl groups is 4. The van der Waals surface area contributed by atoms with Crippen molar-refractivity contribution in [2.24, 2.45) is 0 Å². The van der Waals surface area contributed by atoms with E-state index in [-0.39, 0.29) is 80.7 Å². The molecule has 4 N–H and O–H groups in total. The third kappa shape index (κ3) is 2.87. The zero-order valence-corrected chi connectivity index (χ0v) is 24.1. The maximum Gasteiger partial charge on any atom is 0.266 e. The van der Waals surface area contributed by atoms with Crippen molar-refractivity contribution in [3.05, 3.63) is 92.0 Å². The van der Waals surface area contributed by atoms with Crippen LogP contribution in [0.4, 0.5) is 0 Å². The highest BCUT2D eigenvalue weighted by Gasteiger charge is 2.61. The highest BCUT2D eigenvalue weighted by atomic mass is 16.7. The van der Waals surface area contributed by atoms with Crippen LogP contribution in [0.3, 0.4) is 0 Å². The van der Waals surface area contributed by atoms with E-state index in [1.54, 1.807) is 39.8 Å². The van der Waals surface area contributed by atoms with Gasteiger partial charge in [-0.05, 0) is 63.1 Å². The number of hydrogen-bond acceptors (Lipinski definition) is 10. The fourth-order valence-electron chi connectivity index (χ4n) is 7.40. The van der Waals surface area contributed by atoms with Crippen molar-refractivity contribution in [1.82, 2.24) is 0 Å². The number of carbonyl (C=O) groups excluding carboxylic acids is 2. The van der Waals surface area contributed by atoms with Crippen molar-refractivity contribution in [3.63, 3.8) is 0 Å². The second kappa shape index (κ2) is 8.31. The van der Waals surface area contributed by atoms with Crippen LogP contribution >= 0.6 is 0 Å². The fourth-order valence-corrected chi connectivity index (χ4v) is 7.40. The van der Waals surface area contributed by atoms with Crippen molar-refractivity contribution in [2.75, 3.05) is 13.2 Å². The van der Waals surface area contributed by atoms with E-state index in [0.717, 1.165) is 0 Å². The third-order valence-electron chi connectivity index (χ3n) is 8.79. The molecule has 0 radical (unpaired) electrons. The maximum atomic E-state index is 14.1. The van der Waals surface area contributed by atoms with Crippen LogP contribution in [0.25, 0.3) is 11.1 Å². The Kier molecular flexibility index (Phi) is 5.01. The number of benzene rings is 4. The molecule has 8 rings (SSSR count). The van der Waals surface area contributed by atoms with E-state index >= 15 is 0 Å². The van der Waals surface area contributed by atoms with Gasteiger partial charge in [-0.15, -0.1) is 0 Å². The molecular weight excluding hydrogens is 568 g/mol. The smallest absolute Gasteiger partial charge is 0.266 e. The minimum atomic E-state index is -1.85. The molecule has 2 heterocycles. The van der Waals surface area contributed by atoms with Crippen LogP contribution in [-0.2, 0) is 21.0 Å². The van der Waals surface area contributed by atoms with Crippen molar-refractivity contribution in [2.45, 2.75) is 39.3 Å². The predicted octanol–water partition coefficient (Wildman–Crippen LogP) is 5.14. The van der Waals surface area contributed by atoms with Crippen LogP contribution in [-0.4, -0.2) is 45.2 Å². The first-order valence-corrected chi connectivity index (χ1v) is 14.2. The number of phenols is 4. The summed E-state index contributed by atoms with van der Waals surface area (Å²) < 4.78 is 26.1. The molecule has 0 spiro atoms. The zero-order chi connectivity index (χ0) is 31.0. The highest BCUT2D eigenvalue weighted by Crippen LogP contribution is 2.66. The lowest BCUT2D eigenvalue weighted by Gasteiger charge is -2.50. The first-order valence-electron chi connectivity index (χ1n) is 14.2. The molecule has 4 aliphatic rings. The van der Waals surface area contributed by atoms with Crippen LogP contribution in [0.1, 0.15) is 79.1 Å². The molecule has 0 bridgehead atoms. The summed E-state index contributed by atoms with van der Waals surface area (Å²) >= 11 is 0. The summed E-state index contributed by atoms with van der Waals surface area (Å²) in [6.45, 7) is 7.14. The van der Waals surface area contributed by atoms with Crippen LogP contribution in [0.15, 0.2) is 36.4 Å². The normalized spacial score (nSPS) is 21.2. The van der Waals surface area contributed by atoms with Crippen molar-refractivity contribution in [1.29, 1.82) is 0 Å². The summed E-state index contributed by atoms with van der Waals surface area (Å²) in [6, 6.07) is 8.80. The van der Waals surface area contributed by atoms with Crippen molar-refractivity contribution >= 4 is 11.6 Å². The Bertz CT molecular complexity index is 1910. The number of fused-ring (bicyclic) bond motifs is 4. The van der Waals surface area contributed by atoms with Gasteiger partial charge in [0.1, 0.15) is 34.5 Å². The number of rotatable bonds is 4. The van der Waals surface area contributed by atoms with E-state index < -0.39 is 34.6 Å². The molecule has 2 atom stereocenters. The summed E-state index contributed by atoms with van der Waals surface area (Å²) in [5.74, 6) is -6.31. The van der Waals surface area contributed by atoms with Crippen LogP contribution in [0.2, 0.25) is 0 Å². The standard InChI is InChI=1S/C34H26O10/c1-5-41-33-15-7-13(3)9-17(35)23(15)31(39)25-19(37)12-22-27(29(25)33)28-21(43-33)11-20(38)26-30(28)34(44-22,42-6-2)16-8-14(4)10-18(36)24(16)32(26)40/h7-12,35-38H,5-6H2,1-4H3. The Labute approximate surface area is 250 Å². The first-order chi connectivity index (χ1) is 21.0. The summed E-state index contributed by atoms with van der Waals surface area (Å²) in [6.07, 6.45) is 0. The maximum absolute atomic E-state index is 14.1. The fraction of sp³-hybridized carbons (Fsp3) is 0.235. The molecule has 0 aromatic heterocycles. The van der Waals surface area contributed by atoms with Gasteiger partial charge in [-0.25, -0.2) is 0 Å². The Balaban J connectivity index is 1.57. The van der Waals surface area contributed by atoms with Crippen LogP contribution in [0.5, 0.6) is 34.5 Å². The van der Waals surface area contributed by atoms with Gasteiger partial charge < -0.3 is 39.4 Å². The average Bonchev–Trinajstić information content (AvgIpc) is 2.94. The molecule has 0 saturated heterocycles. The lowest BCUT2D eigenvalue weighted by molar-refractivity contribution is -0.169. The monoisotopic (exact) mass is 594 g/mol. The Morgan fingerprint density at radius 2 is 0.932 bits per heavy atom. The van der Waals surface area contributed by atoms with E-state index in [0.29, 0.717) is 22.3 Å². The molecular formula is C34H26O10. The highest BCUT2D eigenvalue weighted by molar-refractivity contribution is 6.20. The van der Waals surface area contributed by atoms with E-state index in [1.807, 2.05) is 0 Å². The lowest BCUT2D eigenvalue weighted by Crippen LogP contribution is -2.50. The molecule has 4 aromatic carbocycles. The Hall–Kier alpha value is -5.06. The molecule has 44 heavy (non-hydrogen) atoms. The molecule has 2 aliphatic heterocycles. The second-order valence-electron chi connectivity index (χ2n) is 11.4. The number of carbonyl (C=O) groups is 2. The molecule has 0 amide bonds. The zero-order valence-electron chi connectivity index (χ0n) is 24.1. The van der Waals surface area contributed by atoms with Gasteiger partial charge in [0.25, 0.3) is 11.6 Å². The third-order valence-corrected chi connectivity index (χ3v) is 8.79. The Morgan fingerprint density at radius 3 is 1.30 bits per heavy atom. The molecule has 0 fully saturated rings. The topological polar surface area (TPSA) is 152 Å². The SMILES string of the molecule is CCOC12Oc3cc(O)c4c5c3-c3c(cc(O)c(c31)C(=O)c1c(O)cc(C)cc12)OC5(OCC)c1cc(C)cc(O)c1C4=O. The van der Waals surface area contributed by atoms with Crippen molar-refractivity contribution in [3.8, 4) is 45.6 Å². The van der Waals surface area contributed by atoms with Gasteiger partial charge >= 0.3 is 0 Å². The second-order valence-corrected chi connectivity index (χ2v) is 11.4. The van der Waals surface area contributed by atoms with E-state index in [2.05, 4.69) is 0 Å². The number of ether oxygens (including phenoxy) is 4. The number of phenolic OH excluding ortho intramolecular Hbond substituents is 4. The number of ketones is 2. The quantitative estimate of drug-likeness (QED) is 0.250. The molecule has 222 valence electrons. The van der Waals surface area contributed by atoms with Gasteiger partial charge in [0.2, 0.25) is 11.6 Å². The molecule has 2 aliphatic carbocycles. The molecule has 10 heteroatoms. The number of hydrogen-bond donors (Lipinski definition) is 4. The largest absolute Gasteiger partial charge is 0.507 e. The van der Waals surface area contributed by atoms with Gasteiger partial charge in [-0.3, -0.25) is 9.59 Å². The number of aryl methyl sites for hydroxylation is 2. The predicted molar refractivity (Wildman–Crippen MR) is 154 cm³/mol. The van der Waals surface area contributed by atoms with Crippen LogP contribution in [0, 0.1) is 13.8 Å². The summed E-state index contributed by atoms with van der Waals surface area (Å²) in [4.78, 5) is 28.1. The first kappa shape index (κ1) is 26.6. The molecule has 4 aromatic rings. The van der Waals surface area contributed by atoms with Gasteiger partial charge in [0.15, 0.2) is 0 Å². The van der Waals surface area contributed by atoms with Crippen molar-refractivity contribution < 1.29 is 49.0 Å². The summed E-state index contributed by atoms with van der Waals surface area (Å²) in [5.41, 5.74) is 2.11. The van der Waals surface area contributed by atoms with E-state index in [1.165, 1.54) is 24.3 Å². The van der Waals surface area contributed by atoms with Gasteiger partial charge in [-0.2, -0.15) is 0 Å². The van der Waals surface area contributed by atoms with Gasteiger partial charge in [0.05, 0.1) is 33.4 Å². The minimum Gasteiger partial charge on any atom is -0.507 e. The summed E-state index contributed by atoms with van der Waals surface area (Å²) in [7, 11) is 0. The summed E-state index contributed by atoms with van der Waals surface area (Å²) in [5, 5.41) is 44.9. The molecule has 0 saturated carbocycles. The minimum absolute atomic E-state index is 0.0899. The molecule has 2 unspecified atom stereocenters. The molecule has 10 nitrogen and oxygen atoms in total. The average molecular weight is 595 g/mol. The van der Waals surface area contributed by atoms with Gasteiger partial charge in [-0.1, -0.05) is 0 Å². The van der Waals surface area contributed by atoms with Crippen LogP contribution < -0.4 is 9.47 Å². The lowest BCUT2D eigenvalue weighted by atomic mass is 9.69.